The van der Waals surface area contributed by atoms with Crippen molar-refractivity contribution < 1.29 is 9.13 Å². The lowest BCUT2D eigenvalue weighted by atomic mass is 10.0. The Kier molecular flexibility index (Phi) is 4.39. The van der Waals surface area contributed by atoms with E-state index in [-0.39, 0.29) is 11.9 Å². The van der Waals surface area contributed by atoms with Gasteiger partial charge in [0.2, 0.25) is 0 Å². The number of hydrogen-bond acceptors (Lipinski definition) is 3. The van der Waals surface area contributed by atoms with Crippen LogP contribution < -0.4 is 10.1 Å². The number of benzene rings is 1. The maximum absolute atomic E-state index is 13.6. The Hall–Kier alpha value is -1.88. The van der Waals surface area contributed by atoms with Gasteiger partial charge in [-0.25, -0.2) is 4.39 Å². The van der Waals surface area contributed by atoms with E-state index in [4.69, 9.17) is 4.74 Å². The van der Waals surface area contributed by atoms with Gasteiger partial charge in [-0.1, -0.05) is 6.07 Å². The summed E-state index contributed by atoms with van der Waals surface area (Å²) in [4.78, 5) is 0. The third-order valence-electron chi connectivity index (χ3n) is 3.32. The Bertz CT molecular complexity index is 553. The van der Waals surface area contributed by atoms with Gasteiger partial charge in [0, 0.05) is 6.54 Å². The second-order valence-electron chi connectivity index (χ2n) is 4.70. The van der Waals surface area contributed by atoms with Crippen molar-refractivity contribution in [1.29, 1.82) is 0 Å². The zero-order valence-electron chi connectivity index (χ0n) is 12.3. The lowest BCUT2D eigenvalue weighted by Crippen LogP contribution is -2.22. The van der Waals surface area contributed by atoms with Crippen molar-refractivity contribution in [2.24, 2.45) is 0 Å². The molecule has 1 unspecified atom stereocenters. The Morgan fingerprint density at radius 1 is 1.40 bits per heavy atom. The van der Waals surface area contributed by atoms with Crippen molar-refractivity contribution in [3.05, 3.63) is 47.0 Å². The van der Waals surface area contributed by atoms with Gasteiger partial charge in [0.15, 0.2) is 5.75 Å². The molecule has 0 fully saturated rings. The van der Waals surface area contributed by atoms with Crippen LogP contribution >= 0.6 is 0 Å². The molecule has 1 aromatic carbocycles. The molecule has 0 aliphatic heterocycles. The van der Waals surface area contributed by atoms with E-state index in [2.05, 4.69) is 10.4 Å². The van der Waals surface area contributed by atoms with Gasteiger partial charge in [-0.15, -0.1) is 0 Å². The Morgan fingerprint density at radius 2 is 2.15 bits per heavy atom. The molecule has 5 heteroatoms. The molecule has 1 heterocycles. The van der Waals surface area contributed by atoms with Crippen molar-refractivity contribution in [1.82, 2.24) is 15.1 Å². The van der Waals surface area contributed by atoms with Gasteiger partial charge < -0.3 is 10.1 Å². The maximum Gasteiger partial charge on any atom is 0.161 e. The van der Waals surface area contributed by atoms with Gasteiger partial charge in [-0.2, -0.15) is 5.10 Å². The highest BCUT2D eigenvalue weighted by Crippen LogP contribution is 2.30. The Labute approximate surface area is 118 Å². The molecule has 1 atom stereocenters. The number of rotatable bonds is 5. The summed E-state index contributed by atoms with van der Waals surface area (Å²) < 4.78 is 20.9. The highest BCUT2D eigenvalue weighted by atomic mass is 19.1. The van der Waals surface area contributed by atoms with Crippen LogP contribution in [0.2, 0.25) is 0 Å². The lowest BCUT2D eigenvalue weighted by Gasteiger charge is -2.20. The van der Waals surface area contributed by atoms with Gasteiger partial charge in [0.25, 0.3) is 0 Å². The smallest absolute Gasteiger partial charge is 0.161 e. The van der Waals surface area contributed by atoms with Crippen molar-refractivity contribution in [3.8, 4) is 5.75 Å². The monoisotopic (exact) mass is 277 g/mol. The first-order valence-corrected chi connectivity index (χ1v) is 6.64. The van der Waals surface area contributed by atoms with Gasteiger partial charge in [0.05, 0.1) is 19.3 Å². The minimum absolute atomic E-state index is 0.165. The zero-order chi connectivity index (χ0) is 14.7. The average molecular weight is 277 g/mol. The fraction of sp³-hybridized carbons (Fsp3) is 0.400. The predicted octanol–water partition coefficient (Wildman–Crippen LogP) is 2.67. The first-order valence-electron chi connectivity index (χ1n) is 6.64. The standard InChI is InChI=1S/C15H20FN3O/c1-5-19-15(13(20-4)9-18-19)14(17-3)11-6-10(2)7-12(16)8-11/h6-9,14,17H,5H2,1-4H3. The molecule has 2 aromatic rings. The van der Waals surface area contributed by atoms with Crippen LogP contribution in [-0.4, -0.2) is 23.9 Å². The lowest BCUT2D eigenvalue weighted by molar-refractivity contribution is 0.401. The molecule has 1 aromatic heterocycles. The molecule has 0 aliphatic rings. The maximum atomic E-state index is 13.6. The van der Waals surface area contributed by atoms with E-state index >= 15 is 0 Å². The minimum atomic E-state index is -0.234. The van der Waals surface area contributed by atoms with Crippen LogP contribution in [0.5, 0.6) is 5.75 Å². The van der Waals surface area contributed by atoms with Crippen molar-refractivity contribution in [3.63, 3.8) is 0 Å². The van der Waals surface area contributed by atoms with Gasteiger partial charge >= 0.3 is 0 Å². The van der Waals surface area contributed by atoms with E-state index < -0.39 is 0 Å². The fourth-order valence-electron chi connectivity index (χ4n) is 2.47. The number of hydrogen-bond donors (Lipinski definition) is 1. The summed E-state index contributed by atoms with van der Waals surface area (Å²) >= 11 is 0. The van der Waals surface area contributed by atoms with Crippen LogP contribution in [0.4, 0.5) is 4.39 Å². The molecule has 1 N–H and O–H groups in total. The number of methoxy groups -OCH3 is 1. The molecule has 2 rings (SSSR count). The summed E-state index contributed by atoms with van der Waals surface area (Å²) in [5.74, 6) is 0.467. The normalized spacial score (nSPS) is 12.4. The SMILES string of the molecule is CCn1ncc(OC)c1C(NC)c1cc(C)cc(F)c1. The molecule has 20 heavy (non-hydrogen) atoms. The zero-order valence-corrected chi connectivity index (χ0v) is 12.3. The largest absolute Gasteiger partial charge is 0.493 e. The van der Waals surface area contributed by atoms with E-state index in [1.54, 1.807) is 19.4 Å². The molecule has 0 saturated carbocycles. The van der Waals surface area contributed by atoms with Gasteiger partial charge in [0.1, 0.15) is 11.5 Å². The Morgan fingerprint density at radius 3 is 2.70 bits per heavy atom. The highest BCUT2D eigenvalue weighted by Gasteiger charge is 2.22. The van der Waals surface area contributed by atoms with E-state index in [9.17, 15) is 4.39 Å². The summed E-state index contributed by atoms with van der Waals surface area (Å²) in [7, 11) is 3.46. The summed E-state index contributed by atoms with van der Waals surface area (Å²) in [5, 5.41) is 7.52. The second kappa shape index (κ2) is 6.05. The van der Waals surface area contributed by atoms with Crippen LogP contribution in [-0.2, 0) is 6.54 Å². The fourth-order valence-corrected chi connectivity index (χ4v) is 2.47. The van der Waals surface area contributed by atoms with E-state index in [0.717, 1.165) is 23.4 Å². The van der Waals surface area contributed by atoms with Crippen molar-refractivity contribution >= 4 is 0 Å². The Balaban J connectivity index is 2.54. The van der Waals surface area contributed by atoms with E-state index in [0.29, 0.717) is 5.75 Å². The molecule has 0 amide bonds. The van der Waals surface area contributed by atoms with Crippen molar-refractivity contribution in [2.45, 2.75) is 26.4 Å². The van der Waals surface area contributed by atoms with Crippen LogP contribution in [0.3, 0.4) is 0 Å². The van der Waals surface area contributed by atoms with E-state index in [1.807, 2.05) is 31.6 Å². The third-order valence-corrected chi connectivity index (χ3v) is 3.32. The number of ether oxygens (including phenoxy) is 1. The molecule has 4 nitrogen and oxygen atoms in total. The number of aromatic nitrogens is 2. The number of aryl methyl sites for hydroxylation is 2. The molecule has 108 valence electrons. The summed E-state index contributed by atoms with van der Waals surface area (Å²) in [6.07, 6.45) is 1.69. The topological polar surface area (TPSA) is 39.1 Å². The summed E-state index contributed by atoms with van der Waals surface area (Å²) in [5.41, 5.74) is 2.66. The first-order chi connectivity index (χ1) is 9.60. The molecular weight excluding hydrogens is 257 g/mol. The quantitative estimate of drug-likeness (QED) is 0.913. The molecule has 0 aliphatic carbocycles. The summed E-state index contributed by atoms with van der Waals surface area (Å²) in [6, 6.07) is 4.86. The molecular formula is C15H20FN3O. The van der Waals surface area contributed by atoms with Crippen LogP contribution in [0.15, 0.2) is 24.4 Å². The van der Waals surface area contributed by atoms with Gasteiger partial charge in [-0.05, 0) is 44.2 Å². The minimum Gasteiger partial charge on any atom is -0.493 e. The van der Waals surface area contributed by atoms with Crippen LogP contribution in [0.25, 0.3) is 0 Å². The molecule has 0 spiro atoms. The molecule has 0 radical (unpaired) electrons. The number of halogens is 1. The second-order valence-corrected chi connectivity index (χ2v) is 4.70. The summed E-state index contributed by atoms with van der Waals surface area (Å²) in [6.45, 7) is 4.62. The third kappa shape index (κ3) is 2.67. The predicted molar refractivity (Wildman–Crippen MR) is 76.5 cm³/mol. The van der Waals surface area contributed by atoms with Crippen LogP contribution in [0, 0.1) is 12.7 Å². The number of nitrogens with zero attached hydrogens (tertiary/aromatic N) is 2. The number of nitrogens with one attached hydrogen (secondary N) is 1. The molecule has 0 saturated heterocycles. The average Bonchev–Trinajstić information content (AvgIpc) is 2.81. The van der Waals surface area contributed by atoms with Crippen molar-refractivity contribution in [2.75, 3.05) is 14.2 Å². The van der Waals surface area contributed by atoms with E-state index in [1.165, 1.54) is 6.07 Å². The van der Waals surface area contributed by atoms with Gasteiger partial charge in [-0.3, -0.25) is 4.68 Å². The van der Waals surface area contributed by atoms with Crippen LogP contribution in [0.1, 0.15) is 29.8 Å². The first kappa shape index (κ1) is 14.5. The highest BCUT2D eigenvalue weighted by molar-refractivity contribution is 5.38. The molecule has 0 bridgehead atoms.